The minimum absolute atomic E-state index is 0.0376. The maximum atomic E-state index is 14.2. The lowest BCUT2D eigenvalue weighted by atomic mass is 10.0. The lowest BCUT2D eigenvalue weighted by molar-refractivity contribution is -0.254. The number of aromatic nitrogens is 2. The standard InChI is InChI=1S/C19H13F3N4O2/c20-13-4-11(8-23)3-12(5-13)17-7-19(21,22)10-25(17)14-1-2-26-16(6-14)15(9-24-26)18(27)28/h1-6,9,17H,7,10H2,(H,27,28)/p-1/t17-/m1/s1. The second kappa shape index (κ2) is 6.27. The Morgan fingerprint density at radius 3 is 2.82 bits per heavy atom. The van der Waals surface area contributed by atoms with Crippen LogP contribution >= 0.6 is 0 Å². The molecule has 4 rings (SSSR count). The Kier molecular flexibility index (Phi) is 4.00. The molecule has 1 aliphatic rings. The minimum atomic E-state index is -3.03. The van der Waals surface area contributed by atoms with Crippen LogP contribution in [0.1, 0.15) is 33.9 Å². The topological polar surface area (TPSA) is 84.5 Å². The van der Waals surface area contributed by atoms with Crippen molar-refractivity contribution in [3.05, 3.63) is 65.2 Å². The summed E-state index contributed by atoms with van der Waals surface area (Å²) in [5.41, 5.74) is 0.656. The molecule has 0 radical (unpaired) electrons. The third-order valence-corrected chi connectivity index (χ3v) is 4.76. The molecule has 1 aliphatic heterocycles. The number of hydrogen-bond donors (Lipinski definition) is 0. The fourth-order valence-electron chi connectivity index (χ4n) is 3.56. The van der Waals surface area contributed by atoms with Crippen molar-refractivity contribution >= 4 is 17.2 Å². The number of carboxylic acid groups (broad SMARTS) is 1. The molecule has 1 aromatic carbocycles. The number of rotatable bonds is 3. The van der Waals surface area contributed by atoms with Gasteiger partial charge in [-0.2, -0.15) is 10.4 Å². The number of nitriles is 1. The van der Waals surface area contributed by atoms with Crippen LogP contribution in [0, 0.1) is 17.1 Å². The van der Waals surface area contributed by atoms with E-state index in [9.17, 15) is 23.1 Å². The zero-order valence-electron chi connectivity index (χ0n) is 14.3. The molecule has 0 amide bonds. The maximum Gasteiger partial charge on any atom is 0.267 e. The van der Waals surface area contributed by atoms with Crippen LogP contribution in [-0.4, -0.2) is 28.1 Å². The van der Waals surface area contributed by atoms with E-state index in [1.807, 2.05) is 6.07 Å². The van der Waals surface area contributed by atoms with E-state index in [0.717, 1.165) is 18.3 Å². The molecule has 0 aliphatic carbocycles. The number of alkyl halides is 2. The highest BCUT2D eigenvalue weighted by Gasteiger charge is 2.46. The number of nitrogens with zero attached hydrogens (tertiary/aromatic N) is 4. The first kappa shape index (κ1) is 17.9. The van der Waals surface area contributed by atoms with Crippen LogP contribution in [0.15, 0.2) is 42.7 Å². The molecule has 0 N–H and O–H groups in total. The molecule has 1 atom stereocenters. The molecule has 0 saturated carbocycles. The van der Waals surface area contributed by atoms with E-state index >= 15 is 0 Å². The normalized spacial score (nSPS) is 18.4. The largest absolute Gasteiger partial charge is 0.545 e. The number of anilines is 1. The molecule has 0 unspecified atom stereocenters. The predicted molar refractivity (Wildman–Crippen MR) is 90.3 cm³/mol. The van der Waals surface area contributed by atoms with Crippen molar-refractivity contribution in [2.45, 2.75) is 18.4 Å². The Bertz CT molecular complexity index is 1140. The van der Waals surface area contributed by atoms with Crippen LogP contribution in [0.5, 0.6) is 0 Å². The van der Waals surface area contributed by atoms with Gasteiger partial charge in [0.05, 0.1) is 41.9 Å². The van der Waals surface area contributed by atoms with Gasteiger partial charge in [-0.05, 0) is 35.9 Å². The van der Waals surface area contributed by atoms with Crippen LogP contribution in [-0.2, 0) is 0 Å². The first-order valence-corrected chi connectivity index (χ1v) is 8.31. The van der Waals surface area contributed by atoms with Crippen molar-refractivity contribution in [2.24, 2.45) is 0 Å². The number of fused-ring (bicyclic) bond motifs is 1. The molecule has 1 fully saturated rings. The summed E-state index contributed by atoms with van der Waals surface area (Å²) in [6.45, 7) is -0.624. The van der Waals surface area contributed by atoms with Gasteiger partial charge < -0.3 is 14.8 Å². The number of aromatic carboxylic acids is 1. The molecule has 3 heterocycles. The van der Waals surface area contributed by atoms with Crippen molar-refractivity contribution < 1.29 is 23.1 Å². The number of carbonyl (C=O) groups excluding carboxylic acids is 1. The quantitative estimate of drug-likeness (QED) is 0.691. The molecule has 3 aromatic rings. The van der Waals surface area contributed by atoms with Gasteiger partial charge in [-0.3, -0.25) is 0 Å². The van der Waals surface area contributed by atoms with Crippen LogP contribution in [0.3, 0.4) is 0 Å². The molecule has 2 aromatic heterocycles. The van der Waals surface area contributed by atoms with Crippen molar-refractivity contribution in [3.63, 3.8) is 0 Å². The van der Waals surface area contributed by atoms with Gasteiger partial charge in [0.15, 0.2) is 0 Å². The van der Waals surface area contributed by atoms with Crippen LogP contribution < -0.4 is 10.0 Å². The maximum absolute atomic E-state index is 14.2. The molecule has 142 valence electrons. The monoisotopic (exact) mass is 385 g/mol. The minimum Gasteiger partial charge on any atom is -0.545 e. The van der Waals surface area contributed by atoms with Gasteiger partial charge in [0.1, 0.15) is 5.82 Å². The molecular formula is C19H12F3N4O2-. The number of carbonyl (C=O) groups is 1. The fraction of sp³-hybridized carbons (Fsp3) is 0.211. The average molecular weight is 385 g/mol. The summed E-state index contributed by atoms with van der Waals surface area (Å²) in [6.07, 6.45) is 2.02. The Balaban J connectivity index is 1.82. The van der Waals surface area contributed by atoms with Crippen LogP contribution in [0.4, 0.5) is 18.9 Å². The van der Waals surface area contributed by atoms with Gasteiger partial charge in [0.25, 0.3) is 5.92 Å². The Morgan fingerprint density at radius 2 is 2.11 bits per heavy atom. The van der Waals surface area contributed by atoms with Crippen molar-refractivity contribution in [3.8, 4) is 6.07 Å². The van der Waals surface area contributed by atoms with E-state index in [0.29, 0.717) is 5.69 Å². The van der Waals surface area contributed by atoms with E-state index in [-0.39, 0.29) is 22.2 Å². The van der Waals surface area contributed by atoms with Gasteiger partial charge >= 0.3 is 0 Å². The lowest BCUT2D eigenvalue weighted by Crippen LogP contribution is -2.26. The highest BCUT2D eigenvalue weighted by Crippen LogP contribution is 2.44. The van der Waals surface area contributed by atoms with Gasteiger partial charge in [0.2, 0.25) is 0 Å². The summed E-state index contributed by atoms with van der Waals surface area (Å²) in [6, 6.07) is 7.43. The van der Waals surface area contributed by atoms with Crippen LogP contribution in [0.25, 0.3) is 5.52 Å². The zero-order valence-corrected chi connectivity index (χ0v) is 14.3. The molecule has 28 heavy (non-hydrogen) atoms. The summed E-state index contributed by atoms with van der Waals surface area (Å²) in [5, 5.41) is 24.2. The van der Waals surface area contributed by atoms with Gasteiger partial charge in [-0.1, -0.05) is 0 Å². The van der Waals surface area contributed by atoms with E-state index in [1.165, 1.54) is 33.8 Å². The number of hydrogen-bond acceptors (Lipinski definition) is 5. The summed E-state index contributed by atoms with van der Waals surface area (Å²) in [4.78, 5) is 12.6. The summed E-state index contributed by atoms with van der Waals surface area (Å²) in [5.74, 6) is -5.15. The van der Waals surface area contributed by atoms with E-state index in [1.54, 1.807) is 0 Å². The highest BCUT2D eigenvalue weighted by atomic mass is 19.3. The third kappa shape index (κ3) is 3.03. The summed E-state index contributed by atoms with van der Waals surface area (Å²) in [7, 11) is 0. The Labute approximate surface area is 157 Å². The predicted octanol–water partition coefficient (Wildman–Crippen LogP) is 2.30. The third-order valence-electron chi connectivity index (χ3n) is 4.76. The SMILES string of the molecule is N#Cc1cc(F)cc([C@H]2CC(F)(F)CN2c2ccn3ncc(C(=O)[O-])c3c2)c1. The highest BCUT2D eigenvalue weighted by molar-refractivity contribution is 5.94. The number of halogens is 3. The van der Waals surface area contributed by atoms with Gasteiger partial charge in [0, 0.05) is 23.9 Å². The molecule has 1 saturated heterocycles. The van der Waals surface area contributed by atoms with Crippen molar-refractivity contribution in [2.75, 3.05) is 11.4 Å². The van der Waals surface area contributed by atoms with Gasteiger partial charge in [-0.25, -0.2) is 17.7 Å². The number of pyridine rings is 1. The second-order valence-electron chi connectivity index (χ2n) is 6.65. The molecule has 0 bridgehead atoms. The van der Waals surface area contributed by atoms with E-state index in [2.05, 4.69) is 5.10 Å². The molecular weight excluding hydrogens is 373 g/mol. The van der Waals surface area contributed by atoms with E-state index in [4.69, 9.17) is 5.26 Å². The summed E-state index contributed by atoms with van der Waals surface area (Å²) < 4.78 is 43.6. The summed E-state index contributed by atoms with van der Waals surface area (Å²) >= 11 is 0. The van der Waals surface area contributed by atoms with Gasteiger partial charge in [-0.15, -0.1) is 0 Å². The first-order valence-electron chi connectivity index (χ1n) is 8.31. The molecule has 6 nitrogen and oxygen atoms in total. The Morgan fingerprint density at radius 1 is 1.32 bits per heavy atom. The first-order chi connectivity index (χ1) is 13.3. The van der Waals surface area contributed by atoms with Crippen molar-refractivity contribution in [1.82, 2.24) is 9.61 Å². The second-order valence-corrected chi connectivity index (χ2v) is 6.65. The molecule has 9 heteroatoms. The Hall–Kier alpha value is -3.54. The van der Waals surface area contributed by atoms with E-state index < -0.39 is 36.7 Å². The fourth-order valence-corrected chi connectivity index (χ4v) is 3.56. The average Bonchev–Trinajstić information content (AvgIpc) is 3.21. The van der Waals surface area contributed by atoms with Crippen molar-refractivity contribution in [1.29, 1.82) is 5.26 Å². The number of benzene rings is 1. The number of carboxylic acids is 1. The smallest absolute Gasteiger partial charge is 0.267 e. The zero-order chi connectivity index (χ0) is 20.1. The lowest BCUT2D eigenvalue weighted by Gasteiger charge is -2.26. The molecule has 0 spiro atoms. The van der Waals surface area contributed by atoms with Crippen LogP contribution in [0.2, 0.25) is 0 Å².